The average Bonchev–Trinajstić information content (AvgIpc) is 3.40. The van der Waals surface area contributed by atoms with Crippen LogP contribution in [-0.2, 0) is 14.2 Å². The zero-order valence-corrected chi connectivity index (χ0v) is 21.3. The highest BCUT2D eigenvalue weighted by molar-refractivity contribution is 5.96. The van der Waals surface area contributed by atoms with Gasteiger partial charge in [0, 0.05) is 55.4 Å². The first-order chi connectivity index (χ1) is 18.7. The summed E-state index contributed by atoms with van der Waals surface area (Å²) >= 11 is 0. The van der Waals surface area contributed by atoms with Gasteiger partial charge in [-0.2, -0.15) is 5.26 Å². The number of nitriles is 1. The summed E-state index contributed by atoms with van der Waals surface area (Å²) in [4.78, 5) is 14.7. The van der Waals surface area contributed by atoms with Crippen molar-refractivity contribution in [2.24, 2.45) is 4.99 Å². The summed E-state index contributed by atoms with van der Waals surface area (Å²) in [6.45, 7) is 6.93. The number of fused-ring (bicyclic) bond motifs is 1. The molecular formula is C28H32N6O4. The molecule has 0 saturated carbocycles. The van der Waals surface area contributed by atoms with Crippen LogP contribution in [-0.4, -0.2) is 99.2 Å². The van der Waals surface area contributed by atoms with E-state index >= 15 is 0 Å². The minimum absolute atomic E-state index is 0.141. The second-order valence-electron chi connectivity index (χ2n) is 9.27. The standard InChI is InChI=1S/C28H32N6O4/c29-13-21-11-20(1-2-27(21)38-19-24-18-36-9-10-37-24)26-17-33-28-25(26)12-22(16-32-28)23(14-30)15-31-3-4-34-5-7-35-8-6-34/h1-2,11-12,14-17,23-24,30H,3-10,18-19H2,(H,32,33). The Kier molecular flexibility index (Phi) is 8.73. The first-order valence-electron chi connectivity index (χ1n) is 12.9. The number of aromatic nitrogens is 2. The molecule has 2 N–H and O–H groups in total. The molecule has 4 heterocycles. The Bertz CT molecular complexity index is 1300. The fraction of sp³-hybridized carbons (Fsp3) is 0.429. The van der Waals surface area contributed by atoms with Crippen molar-refractivity contribution in [2.45, 2.75) is 12.0 Å². The molecule has 0 spiro atoms. The maximum Gasteiger partial charge on any atom is 0.137 e. The van der Waals surface area contributed by atoms with Gasteiger partial charge >= 0.3 is 0 Å². The number of pyridine rings is 1. The minimum Gasteiger partial charge on any atom is -0.489 e. The number of H-pyrrole nitrogens is 1. The van der Waals surface area contributed by atoms with E-state index in [1.807, 2.05) is 36.7 Å². The lowest BCUT2D eigenvalue weighted by molar-refractivity contribution is -0.101. The summed E-state index contributed by atoms with van der Waals surface area (Å²) in [5, 5.41) is 18.7. The van der Waals surface area contributed by atoms with Crippen molar-refractivity contribution >= 4 is 23.5 Å². The molecule has 10 heteroatoms. The number of hydrogen-bond donors (Lipinski definition) is 2. The third-order valence-electron chi connectivity index (χ3n) is 6.75. The van der Waals surface area contributed by atoms with Crippen LogP contribution in [0.2, 0.25) is 0 Å². The van der Waals surface area contributed by atoms with Crippen LogP contribution < -0.4 is 4.74 Å². The summed E-state index contributed by atoms with van der Waals surface area (Å²) in [7, 11) is 0. The molecular weight excluding hydrogens is 484 g/mol. The van der Waals surface area contributed by atoms with Crippen molar-refractivity contribution in [3.05, 3.63) is 47.8 Å². The molecule has 2 aliphatic heterocycles. The van der Waals surface area contributed by atoms with Gasteiger partial charge < -0.3 is 29.3 Å². The second kappa shape index (κ2) is 12.8. The number of aliphatic imine (C=N–C) groups is 1. The summed E-state index contributed by atoms with van der Waals surface area (Å²) in [5.41, 5.74) is 3.88. The number of nitrogens with one attached hydrogen (secondary N) is 2. The lowest BCUT2D eigenvalue weighted by atomic mass is 9.99. The molecule has 2 aromatic heterocycles. The smallest absolute Gasteiger partial charge is 0.137 e. The Labute approximate surface area is 221 Å². The molecule has 0 aliphatic carbocycles. The molecule has 2 saturated heterocycles. The summed E-state index contributed by atoms with van der Waals surface area (Å²) in [6, 6.07) is 9.85. The van der Waals surface area contributed by atoms with Crippen LogP contribution in [0.15, 0.2) is 41.7 Å². The van der Waals surface area contributed by atoms with E-state index in [1.165, 1.54) is 6.21 Å². The minimum atomic E-state index is -0.268. The van der Waals surface area contributed by atoms with Gasteiger partial charge in [-0.3, -0.25) is 9.89 Å². The van der Waals surface area contributed by atoms with Crippen molar-refractivity contribution < 1.29 is 18.9 Å². The van der Waals surface area contributed by atoms with Gasteiger partial charge in [-0.25, -0.2) is 4.98 Å². The lowest BCUT2D eigenvalue weighted by Crippen LogP contribution is -2.37. The van der Waals surface area contributed by atoms with E-state index in [0.29, 0.717) is 44.3 Å². The zero-order valence-electron chi connectivity index (χ0n) is 21.3. The van der Waals surface area contributed by atoms with Gasteiger partial charge in [-0.15, -0.1) is 0 Å². The third-order valence-corrected chi connectivity index (χ3v) is 6.75. The Morgan fingerprint density at radius 1 is 1.24 bits per heavy atom. The van der Waals surface area contributed by atoms with E-state index in [4.69, 9.17) is 24.4 Å². The van der Waals surface area contributed by atoms with Gasteiger partial charge in [0.25, 0.3) is 0 Å². The van der Waals surface area contributed by atoms with Crippen LogP contribution in [0.5, 0.6) is 5.75 Å². The van der Waals surface area contributed by atoms with Crippen molar-refractivity contribution in [2.75, 3.05) is 65.8 Å². The maximum atomic E-state index is 9.77. The lowest BCUT2D eigenvalue weighted by Gasteiger charge is -2.25. The van der Waals surface area contributed by atoms with E-state index in [0.717, 1.165) is 60.6 Å². The molecule has 2 aliphatic rings. The van der Waals surface area contributed by atoms with Gasteiger partial charge in [0.2, 0.25) is 0 Å². The topological polar surface area (TPSA) is 129 Å². The van der Waals surface area contributed by atoms with Crippen molar-refractivity contribution in [1.29, 1.82) is 10.7 Å². The van der Waals surface area contributed by atoms with Crippen molar-refractivity contribution in [3.63, 3.8) is 0 Å². The highest BCUT2D eigenvalue weighted by Gasteiger charge is 2.17. The first kappa shape index (κ1) is 26.0. The maximum absolute atomic E-state index is 9.77. The molecule has 2 fully saturated rings. The van der Waals surface area contributed by atoms with E-state index in [-0.39, 0.29) is 12.0 Å². The Morgan fingerprint density at radius 3 is 2.92 bits per heavy atom. The predicted molar refractivity (Wildman–Crippen MR) is 144 cm³/mol. The van der Waals surface area contributed by atoms with Crippen LogP contribution in [0.3, 0.4) is 0 Å². The van der Waals surface area contributed by atoms with E-state index < -0.39 is 0 Å². The van der Waals surface area contributed by atoms with Gasteiger partial charge in [0.1, 0.15) is 30.2 Å². The molecule has 2 unspecified atom stereocenters. The quantitative estimate of drug-likeness (QED) is 0.396. The van der Waals surface area contributed by atoms with Gasteiger partial charge in [0.05, 0.1) is 51.1 Å². The highest BCUT2D eigenvalue weighted by atomic mass is 16.6. The number of aromatic amines is 1. The second-order valence-corrected chi connectivity index (χ2v) is 9.27. The van der Waals surface area contributed by atoms with Crippen molar-refractivity contribution in [1.82, 2.24) is 14.9 Å². The van der Waals surface area contributed by atoms with Crippen LogP contribution in [0, 0.1) is 16.7 Å². The Balaban J connectivity index is 1.30. The highest BCUT2D eigenvalue weighted by Crippen LogP contribution is 2.32. The first-order valence-corrected chi connectivity index (χ1v) is 12.9. The molecule has 3 aromatic rings. The SMILES string of the molecule is N#Cc1cc(-c2c[nH]c3ncc(C(C=N)C=NCCN4CCOCC4)cc23)ccc1OCC1COCCO1. The van der Waals surface area contributed by atoms with Gasteiger partial charge in [0.15, 0.2) is 0 Å². The van der Waals surface area contributed by atoms with Crippen LogP contribution in [0.4, 0.5) is 0 Å². The number of rotatable bonds is 10. The number of nitrogens with zero attached hydrogens (tertiary/aromatic N) is 4. The third kappa shape index (κ3) is 6.26. The molecule has 1 aromatic carbocycles. The number of ether oxygens (including phenoxy) is 4. The molecule has 5 rings (SSSR count). The largest absolute Gasteiger partial charge is 0.489 e. The molecule has 38 heavy (non-hydrogen) atoms. The van der Waals surface area contributed by atoms with E-state index in [1.54, 1.807) is 6.20 Å². The molecule has 0 bridgehead atoms. The number of benzene rings is 1. The van der Waals surface area contributed by atoms with Crippen LogP contribution in [0.1, 0.15) is 17.0 Å². The fourth-order valence-electron chi connectivity index (χ4n) is 4.60. The Morgan fingerprint density at radius 2 is 2.13 bits per heavy atom. The molecule has 10 nitrogen and oxygen atoms in total. The van der Waals surface area contributed by atoms with Gasteiger partial charge in [-0.05, 0) is 29.3 Å². The normalized spacial score (nSPS) is 19.4. The van der Waals surface area contributed by atoms with Gasteiger partial charge in [-0.1, -0.05) is 6.07 Å². The van der Waals surface area contributed by atoms with E-state index in [2.05, 4.69) is 25.9 Å². The number of hydrogen-bond acceptors (Lipinski definition) is 9. The average molecular weight is 517 g/mol. The monoisotopic (exact) mass is 516 g/mol. The Hall–Kier alpha value is -3.62. The van der Waals surface area contributed by atoms with Crippen LogP contribution >= 0.6 is 0 Å². The molecule has 0 radical (unpaired) electrons. The molecule has 2 atom stereocenters. The van der Waals surface area contributed by atoms with E-state index in [9.17, 15) is 5.26 Å². The zero-order chi connectivity index (χ0) is 26.2. The predicted octanol–water partition coefficient (Wildman–Crippen LogP) is 3.03. The van der Waals surface area contributed by atoms with Crippen molar-refractivity contribution in [3.8, 4) is 22.9 Å². The molecule has 198 valence electrons. The summed E-state index contributed by atoms with van der Waals surface area (Å²) < 4.78 is 22.3. The van der Waals surface area contributed by atoms with Crippen LogP contribution in [0.25, 0.3) is 22.2 Å². The summed E-state index contributed by atoms with van der Waals surface area (Å²) in [6.07, 6.45) is 6.73. The molecule has 0 amide bonds. The fourth-order valence-corrected chi connectivity index (χ4v) is 4.60. The number of morpholine rings is 1. The summed E-state index contributed by atoms with van der Waals surface area (Å²) in [5.74, 6) is 0.247.